The van der Waals surface area contributed by atoms with Crippen molar-refractivity contribution in [2.75, 3.05) is 5.32 Å². The number of benzene rings is 2. The Morgan fingerprint density at radius 2 is 1.69 bits per heavy atom. The minimum Gasteiger partial charge on any atom is -0.507 e. The number of anilines is 1. The van der Waals surface area contributed by atoms with Crippen LogP contribution in [0.3, 0.4) is 0 Å². The Labute approximate surface area is 171 Å². The first-order chi connectivity index (χ1) is 13.8. The molecule has 0 spiro atoms. The molecule has 2 N–H and O–H groups in total. The van der Waals surface area contributed by atoms with Crippen molar-refractivity contribution in [2.45, 2.75) is 6.92 Å². The Kier molecular flexibility index (Phi) is 5.70. The van der Waals surface area contributed by atoms with Crippen molar-refractivity contribution in [2.24, 2.45) is 7.05 Å². The van der Waals surface area contributed by atoms with Gasteiger partial charge in [0.1, 0.15) is 11.4 Å². The smallest absolute Gasteiger partial charge is 0.296 e. The van der Waals surface area contributed by atoms with Gasteiger partial charge in [-0.1, -0.05) is 29.8 Å². The molecule has 0 aliphatic rings. The number of aliphatic hydroxyl groups is 1. The number of amides is 1. The van der Waals surface area contributed by atoms with Gasteiger partial charge < -0.3 is 10.4 Å². The van der Waals surface area contributed by atoms with E-state index in [1.807, 2.05) is 6.07 Å². The fourth-order valence-electron chi connectivity index (χ4n) is 2.78. The molecule has 2 aromatic carbocycles. The number of rotatable bonds is 5. The maximum Gasteiger partial charge on any atom is 0.296 e. The van der Waals surface area contributed by atoms with Gasteiger partial charge in [0.15, 0.2) is 0 Å². The predicted molar refractivity (Wildman–Crippen MR) is 111 cm³/mol. The average molecular weight is 412 g/mol. The number of ketones is 1. The number of carbonyl (C=O) groups is 2. The third kappa shape index (κ3) is 4.14. The van der Waals surface area contributed by atoms with Gasteiger partial charge in [0, 0.05) is 23.7 Å². The van der Waals surface area contributed by atoms with Crippen LogP contribution < -0.4 is 10.9 Å². The first kappa shape index (κ1) is 20.2. The second-order valence-corrected chi connectivity index (χ2v) is 6.73. The van der Waals surface area contributed by atoms with Gasteiger partial charge >= 0.3 is 0 Å². The third-order valence-corrected chi connectivity index (χ3v) is 4.68. The summed E-state index contributed by atoms with van der Waals surface area (Å²) in [6, 6.07) is 15.0. The van der Waals surface area contributed by atoms with Crippen molar-refractivity contribution < 1.29 is 14.7 Å². The van der Waals surface area contributed by atoms with Crippen molar-refractivity contribution in [1.29, 1.82) is 0 Å². The Balaban J connectivity index is 1.86. The van der Waals surface area contributed by atoms with E-state index in [-0.39, 0.29) is 11.4 Å². The van der Waals surface area contributed by atoms with Gasteiger partial charge in [-0.2, -0.15) is 0 Å². The highest BCUT2D eigenvalue weighted by atomic mass is 35.5. The number of para-hydroxylation sites is 1. The molecule has 1 aromatic heterocycles. The van der Waals surface area contributed by atoms with Crippen LogP contribution in [0.4, 0.5) is 5.69 Å². The van der Waals surface area contributed by atoms with Crippen molar-refractivity contribution in [3.8, 4) is 5.69 Å². The van der Waals surface area contributed by atoms with E-state index in [2.05, 4.69) is 5.32 Å². The van der Waals surface area contributed by atoms with Crippen LogP contribution in [-0.4, -0.2) is 26.2 Å². The van der Waals surface area contributed by atoms with Gasteiger partial charge in [0.05, 0.1) is 11.4 Å². The Morgan fingerprint density at radius 1 is 1.07 bits per heavy atom. The van der Waals surface area contributed by atoms with Gasteiger partial charge in [-0.25, -0.2) is 4.68 Å². The van der Waals surface area contributed by atoms with Crippen LogP contribution >= 0.6 is 11.6 Å². The summed E-state index contributed by atoms with van der Waals surface area (Å²) in [6.45, 7) is 1.65. The lowest BCUT2D eigenvalue weighted by atomic mass is 10.1. The van der Waals surface area contributed by atoms with Crippen LogP contribution in [0.5, 0.6) is 0 Å². The highest BCUT2D eigenvalue weighted by Gasteiger charge is 2.21. The molecule has 0 aliphatic heterocycles. The lowest BCUT2D eigenvalue weighted by Gasteiger charge is -2.07. The van der Waals surface area contributed by atoms with E-state index in [4.69, 9.17) is 11.6 Å². The van der Waals surface area contributed by atoms with Gasteiger partial charge in [0.2, 0.25) is 5.78 Å². The van der Waals surface area contributed by atoms with Crippen LogP contribution in [0.15, 0.2) is 65.5 Å². The molecule has 0 fully saturated rings. The first-order valence-corrected chi connectivity index (χ1v) is 9.03. The number of hydrogen-bond acceptors (Lipinski definition) is 4. The first-order valence-electron chi connectivity index (χ1n) is 8.65. The summed E-state index contributed by atoms with van der Waals surface area (Å²) < 4.78 is 2.97. The zero-order valence-corrected chi connectivity index (χ0v) is 16.5. The van der Waals surface area contributed by atoms with Gasteiger partial charge in [0.25, 0.3) is 11.5 Å². The van der Waals surface area contributed by atoms with Gasteiger partial charge in [-0.15, -0.1) is 0 Å². The molecule has 29 heavy (non-hydrogen) atoms. The molecule has 0 bridgehead atoms. The van der Waals surface area contributed by atoms with E-state index >= 15 is 0 Å². The Hall–Kier alpha value is -3.58. The van der Waals surface area contributed by atoms with E-state index in [1.165, 1.54) is 16.8 Å². The molecular formula is C21H18ClN3O4. The highest BCUT2D eigenvalue weighted by molar-refractivity contribution is 6.45. The summed E-state index contributed by atoms with van der Waals surface area (Å²) in [5.74, 6) is -2.41. The van der Waals surface area contributed by atoms with Crippen LogP contribution in [-0.2, 0) is 16.6 Å². The zero-order chi connectivity index (χ0) is 21.1. The number of nitrogens with zero attached hydrogens (tertiary/aromatic N) is 2. The normalized spacial score (nSPS) is 11.3. The molecule has 3 rings (SSSR count). The van der Waals surface area contributed by atoms with Crippen molar-refractivity contribution in [1.82, 2.24) is 9.36 Å². The third-order valence-electron chi connectivity index (χ3n) is 4.42. The maximum absolute atomic E-state index is 12.8. The van der Waals surface area contributed by atoms with Crippen molar-refractivity contribution in [3.05, 3.63) is 87.3 Å². The molecule has 0 unspecified atom stereocenters. The summed E-state index contributed by atoms with van der Waals surface area (Å²) in [5, 5.41) is 12.9. The number of hydrogen-bond donors (Lipinski definition) is 2. The number of nitrogens with one attached hydrogen (secondary N) is 1. The topological polar surface area (TPSA) is 93.3 Å². The highest BCUT2D eigenvalue weighted by Crippen LogP contribution is 2.16. The molecular weight excluding hydrogens is 394 g/mol. The van der Waals surface area contributed by atoms with Crippen molar-refractivity contribution in [3.63, 3.8) is 0 Å². The fourth-order valence-corrected chi connectivity index (χ4v) is 2.91. The van der Waals surface area contributed by atoms with Gasteiger partial charge in [-0.3, -0.25) is 19.1 Å². The molecule has 1 heterocycles. The maximum atomic E-state index is 12.8. The summed E-state index contributed by atoms with van der Waals surface area (Å²) in [6.07, 6.45) is 0.798. The zero-order valence-electron chi connectivity index (χ0n) is 15.7. The monoisotopic (exact) mass is 411 g/mol. The molecule has 0 saturated carbocycles. The second-order valence-electron chi connectivity index (χ2n) is 6.29. The number of aromatic nitrogens is 2. The van der Waals surface area contributed by atoms with Crippen LogP contribution in [0.25, 0.3) is 11.4 Å². The molecule has 7 nitrogen and oxygen atoms in total. The van der Waals surface area contributed by atoms with E-state index < -0.39 is 17.2 Å². The predicted octanol–water partition coefficient (Wildman–Crippen LogP) is 3.24. The minimum absolute atomic E-state index is 0.00548. The van der Waals surface area contributed by atoms with Crippen LogP contribution in [0.1, 0.15) is 11.3 Å². The quantitative estimate of drug-likeness (QED) is 0.383. The summed E-state index contributed by atoms with van der Waals surface area (Å²) in [7, 11) is 1.67. The molecule has 0 saturated heterocycles. The largest absolute Gasteiger partial charge is 0.507 e. The molecule has 0 radical (unpaired) electrons. The Bertz CT molecular complexity index is 1160. The number of aliphatic hydroxyl groups excluding tert-OH is 1. The Morgan fingerprint density at radius 3 is 2.31 bits per heavy atom. The molecule has 3 aromatic rings. The van der Waals surface area contributed by atoms with Crippen LogP contribution in [0.2, 0.25) is 5.02 Å². The standard InChI is InChI=1S/C21H18ClN3O4/c1-13-19(21(29)25(24(13)2)16-6-4-3-5-7-16)23-20(28)18(27)12-17(26)14-8-10-15(22)11-9-14/h3-12,26H,1-2H3,(H,23,28). The summed E-state index contributed by atoms with van der Waals surface area (Å²) in [5.41, 5.74) is 0.955. The van der Waals surface area contributed by atoms with Crippen LogP contribution in [0, 0.1) is 6.92 Å². The van der Waals surface area contributed by atoms with E-state index in [0.717, 1.165) is 6.08 Å². The lowest BCUT2D eigenvalue weighted by molar-refractivity contribution is -0.132. The van der Waals surface area contributed by atoms with Crippen molar-refractivity contribution >= 4 is 34.7 Å². The minimum atomic E-state index is -1.03. The van der Waals surface area contributed by atoms with E-state index in [9.17, 15) is 19.5 Å². The average Bonchev–Trinajstić information content (AvgIpc) is 2.92. The second kappa shape index (κ2) is 8.20. The summed E-state index contributed by atoms with van der Waals surface area (Å²) >= 11 is 5.79. The number of carbonyl (C=O) groups excluding carboxylic acids is 2. The van der Waals surface area contributed by atoms with E-state index in [0.29, 0.717) is 22.0 Å². The molecule has 0 aliphatic carbocycles. The summed E-state index contributed by atoms with van der Waals surface area (Å²) in [4.78, 5) is 37.3. The van der Waals surface area contributed by atoms with E-state index in [1.54, 1.807) is 55.1 Å². The molecule has 0 atom stereocenters. The molecule has 1 amide bonds. The molecule has 148 valence electrons. The lowest BCUT2D eigenvalue weighted by Crippen LogP contribution is -2.26. The SMILES string of the molecule is Cc1c(NC(=O)C(=O)C=C(O)c2ccc(Cl)cc2)c(=O)n(-c2ccccc2)n1C. The number of halogens is 1. The fraction of sp³-hybridized carbons (Fsp3) is 0.0952. The molecule has 8 heteroatoms. The van der Waals surface area contributed by atoms with Gasteiger partial charge in [-0.05, 0) is 43.3 Å².